The molecule has 0 N–H and O–H groups in total. The van der Waals surface area contributed by atoms with Crippen LogP contribution >= 0.6 is 0 Å². The fourth-order valence-electron chi connectivity index (χ4n) is 3.78. The highest BCUT2D eigenvalue weighted by atomic mass is 19.4. The number of benzene rings is 2. The van der Waals surface area contributed by atoms with Crippen molar-refractivity contribution in [2.45, 2.75) is 13.1 Å². The fraction of sp³-hybridized carbons (Fsp3) is 0.292. The largest absolute Gasteiger partial charge is 0.496 e. The first kappa shape index (κ1) is 22.6. The van der Waals surface area contributed by atoms with Gasteiger partial charge in [-0.15, -0.1) is 0 Å². The molecule has 0 bridgehead atoms. The van der Waals surface area contributed by atoms with E-state index in [1.807, 2.05) is 24.0 Å². The lowest BCUT2D eigenvalue weighted by Gasteiger charge is -2.35. The SMILES string of the molecule is COc1ccccc1C(=O)N1CCN(c2cc(C)nc(-c3ccc(C(F)(F)F)cc3)n2)CC1. The van der Waals surface area contributed by atoms with E-state index in [4.69, 9.17) is 4.74 Å². The number of amides is 1. The maximum Gasteiger partial charge on any atom is 0.416 e. The molecule has 1 amide bonds. The zero-order chi connectivity index (χ0) is 23.6. The van der Waals surface area contributed by atoms with Crippen molar-refractivity contribution in [1.29, 1.82) is 0 Å². The standard InChI is InChI=1S/C24H23F3N4O2/c1-16-15-21(29-22(28-16)17-7-9-18(10-8-17)24(25,26)27)30-11-13-31(14-12-30)23(32)19-5-3-4-6-20(19)33-2/h3-10,15H,11-14H2,1-2H3. The molecule has 172 valence electrons. The van der Waals surface area contributed by atoms with Gasteiger partial charge in [0.05, 0.1) is 18.2 Å². The second-order valence-corrected chi connectivity index (χ2v) is 7.75. The van der Waals surface area contributed by atoms with Crippen molar-refractivity contribution >= 4 is 11.7 Å². The molecule has 4 rings (SSSR count). The summed E-state index contributed by atoms with van der Waals surface area (Å²) in [5.41, 5.74) is 1.03. The molecule has 2 aromatic carbocycles. The molecule has 0 saturated carbocycles. The van der Waals surface area contributed by atoms with Crippen molar-refractivity contribution < 1.29 is 22.7 Å². The lowest BCUT2D eigenvalue weighted by atomic mass is 10.1. The van der Waals surface area contributed by atoms with Crippen LogP contribution in [0.15, 0.2) is 54.6 Å². The summed E-state index contributed by atoms with van der Waals surface area (Å²) < 4.78 is 43.9. The Labute approximate surface area is 189 Å². The molecule has 6 nitrogen and oxygen atoms in total. The number of alkyl halides is 3. The number of nitrogens with zero attached hydrogens (tertiary/aromatic N) is 4. The first-order valence-electron chi connectivity index (χ1n) is 10.5. The second-order valence-electron chi connectivity index (χ2n) is 7.75. The monoisotopic (exact) mass is 456 g/mol. The van der Waals surface area contributed by atoms with E-state index in [2.05, 4.69) is 9.97 Å². The minimum atomic E-state index is -4.39. The van der Waals surface area contributed by atoms with Gasteiger partial charge in [-0.05, 0) is 31.2 Å². The number of aryl methyl sites for hydroxylation is 1. The third-order valence-electron chi connectivity index (χ3n) is 5.54. The van der Waals surface area contributed by atoms with E-state index in [0.717, 1.165) is 12.1 Å². The summed E-state index contributed by atoms with van der Waals surface area (Å²) in [6, 6.07) is 13.8. The number of aromatic nitrogens is 2. The van der Waals surface area contributed by atoms with Crippen molar-refractivity contribution in [1.82, 2.24) is 14.9 Å². The quantitative estimate of drug-likeness (QED) is 0.581. The van der Waals surface area contributed by atoms with E-state index in [9.17, 15) is 18.0 Å². The smallest absolute Gasteiger partial charge is 0.416 e. The van der Waals surface area contributed by atoms with Crippen LogP contribution in [0.4, 0.5) is 19.0 Å². The third-order valence-corrected chi connectivity index (χ3v) is 5.54. The van der Waals surface area contributed by atoms with Gasteiger partial charge in [-0.3, -0.25) is 4.79 Å². The number of methoxy groups -OCH3 is 1. The third kappa shape index (κ3) is 4.92. The number of ether oxygens (including phenoxy) is 1. The fourth-order valence-corrected chi connectivity index (χ4v) is 3.78. The Morgan fingerprint density at radius 3 is 2.27 bits per heavy atom. The van der Waals surface area contributed by atoms with Crippen LogP contribution in [0.2, 0.25) is 0 Å². The van der Waals surface area contributed by atoms with E-state index in [1.165, 1.54) is 19.2 Å². The second kappa shape index (κ2) is 9.09. The van der Waals surface area contributed by atoms with Gasteiger partial charge in [0.15, 0.2) is 5.82 Å². The van der Waals surface area contributed by atoms with Crippen molar-refractivity contribution in [3.05, 3.63) is 71.4 Å². The Morgan fingerprint density at radius 1 is 0.970 bits per heavy atom. The van der Waals surface area contributed by atoms with Crippen LogP contribution in [0.25, 0.3) is 11.4 Å². The van der Waals surface area contributed by atoms with E-state index in [1.54, 1.807) is 23.1 Å². The minimum Gasteiger partial charge on any atom is -0.496 e. The van der Waals surface area contributed by atoms with Gasteiger partial charge >= 0.3 is 6.18 Å². The van der Waals surface area contributed by atoms with Gasteiger partial charge in [-0.25, -0.2) is 9.97 Å². The van der Waals surface area contributed by atoms with Gasteiger partial charge in [-0.2, -0.15) is 13.2 Å². The molecule has 0 aliphatic carbocycles. The summed E-state index contributed by atoms with van der Waals surface area (Å²) in [6.07, 6.45) is -4.39. The first-order valence-corrected chi connectivity index (χ1v) is 10.5. The molecule has 1 aromatic heterocycles. The predicted molar refractivity (Wildman–Crippen MR) is 118 cm³/mol. The molecule has 1 aliphatic rings. The van der Waals surface area contributed by atoms with Gasteiger partial charge < -0.3 is 14.5 Å². The number of carbonyl (C=O) groups is 1. The van der Waals surface area contributed by atoms with Crippen LogP contribution in [0.5, 0.6) is 5.75 Å². The number of hydrogen-bond acceptors (Lipinski definition) is 5. The van der Waals surface area contributed by atoms with Gasteiger partial charge in [0.25, 0.3) is 5.91 Å². The van der Waals surface area contributed by atoms with Gasteiger partial charge in [0.2, 0.25) is 0 Å². The van der Waals surface area contributed by atoms with E-state index in [0.29, 0.717) is 60.4 Å². The van der Waals surface area contributed by atoms with Crippen molar-refractivity contribution in [3.8, 4) is 17.1 Å². The lowest BCUT2D eigenvalue weighted by molar-refractivity contribution is -0.137. The zero-order valence-corrected chi connectivity index (χ0v) is 18.3. The highest BCUT2D eigenvalue weighted by Gasteiger charge is 2.30. The maximum absolute atomic E-state index is 12.9. The van der Waals surface area contributed by atoms with Crippen LogP contribution in [-0.4, -0.2) is 54.1 Å². The number of halogens is 3. The maximum atomic E-state index is 12.9. The van der Waals surface area contributed by atoms with Crippen molar-refractivity contribution in [2.24, 2.45) is 0 Å². The number of piperazine rings is 1. The Bertz CT molecular complexity index is 1140. The van der Waals surface area contributed by atoms with E-state index in [-0.39, 0.29) is 5.91 Å². The molecule has 1 fully saturated rings. The number of para-hydroxylation sites is 1. The molecule has 1 saturated heterocycles. The van der Waals surface area contributed by atoms with Crippen molar-refractivity contribution in [3.63, 3.8) is 0 Å². The average molecular weight is 456 g/mol. The van der Waals surface area contributed by atoms with Crippen LogP contribution in [0, 0.1) is 6.92 Å². The molecule has 0 unspecified atom stereocenters. The first-order chi connectivity index (χ1) is 15.8. The molecule has 1 aliphatic heterocycles. The number of hydrogen-bond donors (Lipinski definition) is 0. The van der Waals surface area contributed by atoms with E-state index >= 15 is 0 Å². The Balaban J connectivity index is 1.49. The molecule has 33 heavy (non-hydrogen) atoms. The van der Waals surface area contributed by atoms with Gasteiger partial charge in [-0.1, -0.05) is 24.3 Å². The lowest BCUT2D eigenvalue weighted by Crippen LogP contribution is -2.49. The zero-order valence-electron chi connectivity index (χ0n) is 18.3. The minimum absolute atomic E-state index is 0.0867. The molecule has 0 atom stereocenters. The molecule has 0 radical (unpaired) electrons. The molecule has 9 heteroatoms. The molecule has 0 spiro atoms. The summed E-state index contributed by atoms with van der Waals surface area (Å²) in [5.74, 6) is 1.50. The average Bonchev–Trinajstić information content (AvgIpc) is 2.83. The topological polar surface area (TPSA) is 58.6 Å². The normalized spacial score (nSPS) is 14.3. The summed E-state index contributed by atoms with van der Waals surface area (Å²) in [7, 11) is 1.54. The number of rotatable bonds is 4. The van der Waals surface area contributed by atoms with Crippen LogP contribution in [-0.2, 0) is 6.18 Å². The number of anilines is 1. The summed E-state index contributed by atoms with van der Waals surface area (Å²) in [6.45, 7) is 3.99. The van der Waals surface area contributed by atoms with Gasteiger partial charge in [0, 0.05) is 43.5 Å². The molecular formula is C24H23F3N4O2. The Kier molecular flexibility index (Phi) is 6.22. The molecule has 3 aromatic rings. The van der Waals surface area contributed by atoms with Crippen molar-refractivity contribution in [2.75, 3.05) is 38.2 Å². The molecular weight excluding hydrogens is 433 g/mol. The predicted octanol–water partition coefficient (Wildman–Crippen LogP) is 4.44. The van der Waals surface area contributed by atoms with Crippen LogP contribution < -0.4 is 9.64 Å². The summed E-state index contributed by atoms with van der Waals surface area (Å²) in [5, 5.41) is 0. The Morgan fingerprint density at radius 2 is 1.64 bits per heavy atom. The number of carbonyl (C=O) groups excluding carboxylic acids is 1. The molecule has 2 heterocycles. The van der Waals surface area contributed by atoms with E-state index < -0.39 is 11.7 Å². The Hall–Kier alpha value is -3.62. The summed E-state index contributed by atoms with van der Waals surface area (Å²) in [4.78, 5) is 25.7. The highest BCUT2D eigenvalue weighted by molar-refractivity contribution is 5.97. The van der Waals surface area contributed by atoms with Crippen LogP contribution in [0.1, 0.15) is 21.6 Å². The van der Waals surface area contributed by atoms with Gasteiger partial charge in [0.1, 0.15) is 11.6 Å². The van der Waals surface area contributed by atoms with Crippen LogP contribution in [0.3, 0.4) is 0 Å². The summed E-state index contributed by atoms with van der Waals surface area (Å²) >= 11 is 0. The highest BCUT2D eigenvalue weighted by Crippen LogP contribution is 2.31.